The second-order valence-electron chi connectivity index (χ2n) is 6.47. The first-order valence-electron chi connectivity index (χ1n) is 8.45. The summed E-state index contributed by atoms with van der Waals surface area (Å²) in [7, 11) is 1.60. The maximum absolute atomic E-state index is 12.3. The Bertz CT molecular complexity index is 970. The van der Waals surface area contributed by atoms with Crippen molar-refractivity contribution in [3.63, 3.8) is 0 Å². The minimum absolute atomic E-state index is 0.259. The van der Waals surface area contributed by atoms with Gasteiger partial charge in [-0.1, -0.05) is 30.3 Å². The van der Waals surface area contributed by atoms with E-state index in [0.29, 0.717) is 12.5 Å². The Morgan fingerprint density at radius 1 is 1.12 bits per heavy atom. The molecule has 4 rings (SSSR count). The van der Waals surface area contributed by atoms with Gasteiger partial charge in [0.15, 0.2) is 0 Å². The quantitative estimate of drug-likeness (QED) is 0.719. The van der Waals surface area contributed by atoms with Crippen molar-refractivity contribution >= 4 is 0 Å². The van der Waals surface area contributed by atoms with Crippen LogP contribution in [0.3, 0.4) is 0 Å². The molecule has 128 valence electrons. The molecule has 1 fully saturated rings. The third-order valence-corrected chi connectivity index (χ3v) is 4.62. The fourth-order valence-corrected chi connectivity index (χ4v) is 3.06. The number of hydrogen-bond donors (Lipinski definition) is 0. The van der Waals surface area contributed by atoms with Crippen LogP contribution in [-0.4, -0.2) is 19.8 Å². The molecule has 3 aromatic rings. The van der Waals surface area contributed by atoms with Crippen molar-refractivity contribution in [2.45, 2.75) is 32.3 Å². The lowest BCUT2D eigenvalue weighted by atomic mass is 10.0. The van der Waals surface area contributed by atoms with E-state index >= 15 is 0 Å². The summed E-state index contributed by atoms with van der Waals surface area (Å²) in [6, 6.07) is 13.9. The van der Waals surface area contributed by atoms with E-state index in [1.807, 2.05) is 43.3 Å². The van der Waals surface area contributed by atoms with Gasteiger partial charge in [0.1, 0.15) is 12.4 Å². The lowest BCUT2D eigenvalue weighted by Gasteiger charge is -2.15. The van der Waals surface area contributed by atoms with E-state index in [0.717, 1.165) is 22.6 Å². The van der Waals surface area contributed by atoms with Crippen LogP contribution in [0.15, 0.2) is 47.3 Å². The van der Waals surface area contributed by atoms with E-state index in [1.54, 1.807) is 7.05 Å². The number of aryl methyl sites for hydroxylation is 2. The Balaban J connectivity index is 1.75. The van der Waals surface area contributed by atoms with Gasteiger partial charge < -0.3 is 4.74 Å². The molecule has 1 aromatic heterocycles. The number of ether oxygens (including phenoxy) is 1. The Hall–Kier alpha value is -2.89. The van der Waals surface area contributed by atoms with Crippen LogP contribution in [0.25, 0.3) is 5.69 Å². The van der Waals surface area contributed by atoms with Crippen molar-refractivity contribution in [3.05, 3.63) is 69.6 Å². The second kappa shape index (κ2) is 6.20. The molecule has 0 amide bonds. The first-order chi connectivity index (χ1) is 12.1. The molecule has 0 N–H and O–H groups in total. The molecular formula is C19H20N4O2. The van der Waals surface area contributed by atoms with Gasteiger partial charge in [-0.25, -0.2) is 4.79 Å². The number of para-hydroxylation sites is 1. The zero-order valence-corrected chi connectivity index (χ0v) is 14.3. The highest BCUT2D eigenvalue weighted by Crippen LogP contribution is 2.43. The summed E-state index contributed by atoms with van der Waals surface area (Å²) in [4.78, 5) is 12.3. The molecule has 0 radical (unpaired) electrons. The van der Waals surface area contributed by atoms with Crippen LogP contribution in [0, 0.1) is 6.92 Å². The van der Waals surface area contributed by atoms with Gasteiger partial charge >= 0.3 is 5.69 Å². The van der Waals surface area contributed by atoms with Gasteiger partial charge in [-0.05, 0) is 59.4 Å². The zero-order valence-electron chi connectivity index (χ0n) is 14.3. The Labute approximate surface area is 145 Å². The van der Waals surface area contributed by atoms with Gasteiger partial charge in [-0.15, -0.1) is 0 Å². The number of tetrazole rings is 1. The van der Waals surface area contributed by atoms with Crippen molar-refractivity contribution in [1.82, 2.24) is 19.8 Å². The first-order valence-corrected chi connectivity index (χ1v) is 8.45. The molecule has 1 aliphatic rings. The van der Waals surface area contributed by atoms with Gasteiger partial charge in [-0.2, -0.15) is 9.36 Å². The lowest BCUT2D eigenvalue weighted by Crippen LogP contribution is -2.23. The van der Waals surface area contributed by atoms with Crippen molar-refractivity contribution in [1.29, 1.82) is 0 Å². The predicted octanol–water partition coefficient (Wildman–Crippen LogP) is 2.73. The summed E-state index contributed by atoms with van der Waals surface area (Å²) in [5.41, 5.74) is 3.82. The summed E-state index contributed by atoms with van der Waals surface area (Å²) < 4.78 is 8.66. The minimum Gasteiger partial charge on any atom is -0.489 e. The van der Waals surface area contributed by atoms with E-state index < -0.39 is 0 Å². The fraction of sp³-hybridized carbons (Fsp3) is 0.316. The van der Waals surface area contributed by atoms with Crippen LogP contribution in [0.1, 0.15) is 35.4 Å². The number of hydrogen-bond acceptors (Lipinski definition) is 4. The van der Waals surface area contributed by atoms with Crippen LogP contribution in [-0.2, 0) is 13.7 Å². The van der Waals surface area contributed by atoms with Crippen LogP contribution >= 0.6 is 0 Å². The van der Waals surface area contributed by atoms with Gasteiger partial charge in [0.25, 0.3) is 0 Å². The maximum Gasteiger partial charge on any atom is 0.368 e. The number of rotatable bonds is 5. The summed E-state index contributed by atoms with van der Waals surface area (Å²) in [6.45, 7) is 2.42. The Morgan fingerprint density at radius 2 is 1.92 bits per heavy atom. The lowest BCUT2D eigenvalue weighted by molar-refractivity contribution is 0.302. The predicted molar refractivity (Wildman–Crippen MR) is 94.1 cm³/mol. The third kappa shape index (κ3) is 2.95. The first kappa shape index (κ1) is 15.6. The molecule has 1 aliphatic carbocycles. The van der Waals surface area contributed by atoms with Crippen LogP contribution in [0.4, 0.5) is 0 Å². The van der Waals surface area contributed by atoms with Crippen molar-refractivity contribution < 1.29 is 4.74 Å². The van der Waals surface area contributed by atoms with Crippen LogP contribution in [0.2, 0.25) is 0 Å². The Kier molecular flexibility index (Phi) is 3.87. The van der Waals surface area contributed by atoms with Gasteiger partial charge in [0.2, 0.25) is 0 Å². The largest absolute Gasteiger partial charge is 0.489 e. The van der Waals surface area contributed by atoms with E-state index in [-0.39, 0.29) is 5.69 Å². The van der Waals surface area contributed by atoms with Gasteiger partial charge in [-0.3, -0.25) is 0 Å². The maximum atomic E-state index is 12.3. The van der Waals surface area contributed by atoms with Crippen LogP contribution in [0.5, 0.6) is 5.75 Å². The third-order valence-electron chi connectivity index (χ3n) is 4.62. The molecule has 6 heteroatoms. The highest BCUT2D eigenvalue weighted by molar-refractivity contribution is 5.48. The minimum atomic E-state index is -0.259. The average molecular weight is 336 g/mol. The highest BCUT2D eigenvalue weighted by Gasteiger charge is 2.28. The molecule has 6 nitrogen and oxygen atoms in total. The normalized spacial score (nSPS) is 13.8. The van der Waals surface area contributed by atoms with Crippen molar-refractivity contribution in [3.8, 4) is 11.4 Å². The zero-order chi connectivity index (χ0) is 17.4. The molecule has 0 atom stereocenters. The second-order valence-corrected chi connectivity index (χ2v) is 6.47. The standard InChI is InChI=1S/C19H20N4O2/c1-13-6-3-4-9-18(13)25-12-16-15(14-10-11-14)7-5-8-17(16)23-19(24)22(2)20-21-23/h3-9,14H,10-12H2,1-2H3. The molecule has 1 heterocycles. The van der Waals surface area contributed by atoms with Crippen molar-refractivity contribution in [2.24, 2.45) is 7.05 Å². The summed E-state index contributed by atoms with van der Waals surface area (Å²) in [5, 5.41) is 7.83. The van der Waals surface area contributed by atoms with E-state index in [1.165, 1.54) is 27.8 Å². The summed E-state index contributed by atoms with van der Waals surface area (Å²) in [5.74, 6) is 1.40. The summed E-state index contributed by atoms with van der Waals surface area (Å²) >= 11 is 0. The number of aromatic nitrogens is 4. The molecule has 0 spiro atoms. The molecular weight excluding hydrogens is 316 g/mol. The fourth-order valence-electron chi connectivity index (χ4n) is 3.06. The molecule has 0 aliphatic heterocycles. The molecule has 0 saturated heterocycles. The van der Waals surface area contributed by atoms with Crippen molar-refractivity contribution in [2.75, 3.05) is 0 Å². The molecule has 1 saturated carbocycles. The molecule has 0 bridgehead atoms. The van der Waals surface area contributed by atoms with E-state index in [2.05, 4.69) is 16.5 Å². The van der Waals surface area contributed by atoms with E-state index in [9.17, 15) is 4.79 Å². The monoisotopic (exact) mass is 336 g/mol. The highest BCUT2D eigenvalue weighted by atomic mass is 16.5. The van der Waals surface area contributed by atoms with Gasteiger partial charge in [0, 0.05) is 12.6 Å². The molecule has 25 heavy (non-hydrogen) atoms. The smallest absolute Gasteiger partial charge is 0.368 e. The number of nitrogens with zero attached hydrogens (tertiary/aromatic N) is 4. The number of benzene rings is 2. The van der Waals surface area contributed by atoms with Crippen LogP contribution < -0.4 is 10.4 Å². The van der Waals surface area contributed by atoms with Gasteiger partial charge in [0.05, 0.1) is 5.69 Å². The topological polar surface area (TPSA) is 61.9 Å². The Morgan fingerprint density at radius 3 is 2.60 bits per heavy atom. The molecule has 2 aromatic carbocycles. The average Bonchev–Trinajstić information content (AvgIpc) is 3.41. The molecule has 0 unspecified atom stereocenters. The SMILES string of the molecule is Cc1ccccc1OCc1c(C2CC2)cccc1-n1nnn(C)c1=O. The van der Waals surface area contributed by atoms with E-state index in [4.69, 9.17) is 4.74 Å². The summed E-state index contributed by atoms with van der Waals surface area (Å²) in [6.07, 6.45) is 2.35.